The molecule has 0 fully saturated rings. The van der Waals surface area contributed by atoms with Gasteiger partial charge in [0, 0.05) is 47.2 Å². The van der Waals surface area contributed by atoms with Crippen LogP contribution in [0.2, 0.25) is 0 Å². The van der Waals surface area contributed by atoms with E-state index < -0.39 is 0 Å². The van der Waals surface area contributed by atoms with Crippen molar-refractivity contribution >= 4 is 16.5 Å². The summed E-state index contributed by atoms with van der Waals surface area (Å²) in [6.07, 6.45) is 4.34. The number of nitrogens with one attached hydrogen (secondary N) is 1. The number of hydrogen-bond donors (Lipinski definition) is 2. The van der Waals surface area contributed by atoms with E-state index in [0.29, 0.717) is 0 Å². The monoisotopic (exact) mass is 283 g/mol. The van der Waals surface area contributed by atoms with Gasteiger partial charge in [-0.1, -0.05) is 24.3 Å². The van der Waals surface area contributed by atoms with Crippen LogP contribution < -0.4 is 5.73 Å². The molecule has 0 aliphatic carbocycles. The second-order valence-electron chi connectivity index (χ2n) is 6.93. The average molecular weight is 283 g/mol. The minimum absolute atomic E-state index is 0.207. The summed E-state index contributed by atoms with van der Waals surface area (Å²) in [5.41, 5.74) is 11.4. The van der Waals surface area contributed by atoms with Gasteiger partial charge in [0.25, 0.3) is 0 Å². The Bertz CT molecular complexity index is 673. The average Bonchev–Trinajstić information content (AvgIpc) is 2.75. The Hall–Kier alpha value is -1.58. The summed E-state index contributed by atoms with van der Waals surface area (Å²) in [7, 11) is 2.17. The Morgan fingerprint density at radius 3 is 2.71 bits per heavy atom. The Kier molecular flexibility index (Phi) is 3.64. The van der Waals surface area contributed by atoms with Crippen molar-refractivity contribution < 1.29 is 0 Å². The first-order valence-electron chi connectivity index (χ1n) is 7.70. The molecule has 1 aromatic carbocycles. The number of aromatic amines is 1. The fraction of sp³-hybridized carbons (Fsp3) is 0.444. The van der Waals surface area contributed by atoms with Crippen LogP contribution in [0.15, 0.2) is 30.3 Å². The summed E-state index contributed by atoms with van der Waals surface area (Å²) in [6, 6.07) is 8.57. The zero-order chi connectivity index (χ0) is 15.0. The van der Waals surface area contributed by atoms with Gasteiger partial charge in [0.2, 0.25) is 0 Å². The van der Waals surface area contributed by atoms with Gasteiger partial charge in [-0.3, -0.25) is 0 Å². The lowest BCUT2D eigenvalue weighted by Crippen LogP contribution is -2.35. The van der Waals surface area contributed by atoms with Crippen LogP contribution in [0.3, 0.4) is 0 Å². The van der Waals surface area contributed by atoms with Crippen LogP contribution in [-0.2, 0) is 6.42 Å². The molecule has 3 rings (SSSR count). The van der Waals surface area contributed by atoms with Crippen LogP contribution in [0.25, 0.3) is 16.5 Å². The molecule has 0 unspecified atom stereocenters. The predicted octanol–water partition coefficient (Wildman–Crippen LogP) is 3.17. The number of benzene rings is 1. The van der Waals surface area contributed by atoms with Crippen LogP contribution in [0.4, 0.5) is 0 Å². The highest BCUT2D eigenvalue weighted by Gasteiger charge is 2.21. The molecule has 1 aromatic heterocycles. The Morgan fingerprint density at radius 2 is 2.05 bits per heavy atom. The van der Waals surface area contributed by atoms with E-state index in [2.05, 4.69) is 61.1 Å². The van der Waals surface area contributed by atoms with Crippen LogP contribution in [0, 0.1) is 0 Å². The van der Waals surface area contributed by atoms with Crippen molar-refractivity contribution in [3.8, 4) is 0 Å². The summed E-state index contributed by atoms with van der Waals surface area (Å²) in [4.78, 5) is 5.95. The molecule has 0 radical (unpaired) electrons. The fourth-order valence-corrected chi connectivity index (χ4v) is 3.15. The molecule has 0 amide bonds. The number of H-pyrrole nitrogens is 1. The van der Waals surface area contributed by atoms with Crippen molar-refractivity contribution in [2.75, 3.05) is 20.1 Å². The minimum Gasteiger partial charge on any atom is -0.358 e. The Labute approximate surface area is 126 Å². The van der Waals surface area contributed by atoms with Gasteiger partial charge in [0.05, 0.1) is 0 Å². The van der Waals surface area contributed by atoms with E-state index in [-0.39, 0.29) is 5.54 Å². The first kappa shape index (κ1) is 14.4. The molecule has 3 heteroatoms. The quantitative estimate of drug-likeness (QED) is 0.909. The van der Waals surface area contributed by atoms with Crippen molar-refractivity contribution in [3.05, 3.63) is 41.6 Å². The highest BCUT2D eigenvalue weighted by atomic mass is 15.1. The smallest absolute Gasteiger partial charge is 0.0462 e. The van der Waals surface area contributed by atoms with Gasteiger partial charge in [-0.05, 0) is 39.0 Å². The van der Waals surface area contributed by atoms with Gasteiger partial charge in [0.1, 0.15) is 0 Å². The zero-order valence-corrected chi connectivity index (χ0v) is 13.2. The number of para-hydroxylation sites is 1. The van der Waals surface area contributed by atoms with E-state index in [1.54, 1.807) is 0 Å². The van der Waals surface area contributed by atoms with Crippen LogP contribution >= 0.6 is 0 Å². The third-order valence-corrected chi connectivity index (χ3v) is 4.15. The molecule has 0 saturated carbocycles. The molecule has 0 spiro atoms. The lowest BCUT2D eigenvalue weighted by molar-refractivity contribution is 0.370. The molecular weight excluding hydrogens is 258 g/mol. The standard InChI is InChI=1S/C18H25N3/c1-18(2,19)12-16-17(13-8-10-21(3)11-9-13)14-6-4-5-7-15(14)20-16/h4-8,20H,9-12,19H2,1-3H3. The van der Waals surface area contributed by atoms with E-state index in [9.17, 15) is 0 Å². The summed E-state index contributed by atoms with van der Waals surface area (Å²) >= 11 is 0. The summed E-state index contributed by atoms with van der Waals surface area (Å²) in [5, 5.41) is 1.33. The van der Waals surface area contributed by atoms with E-state index in [4.69, 9.17) is 5.73 Å². The number of rotatable bonds is 3. The lowest BCUT2D eigenvalue weighted by atomic mass is 9.91. The van der Waals surface area contributed by atoms with Gasteiger partial charge in [-0.25, -0.2) is 0 Å². The SMILES string of the molecule is CN1CC=C(c2c(CC(C)(C)N)[nH]c3ccccc23)CC1. The summed E-state index contributed by atoms with van der Waals surface area (Å²) in [6.45, 7) is 6.33. The summed E-state index contributed by atoms with van der Waals surface area (Å²) in [5.74, 6) is 0. The van der Waals surface area contributed by atoms with Crippen molar-refractivity contribution in [2.24, 2.45) is 5.73 Å². The second-order valence-corrected chi connectivity index (χ2v) is 6.93. The van der Waals surface area contributed by atoms with Gasteiger partial charge >= 0.3 is 0 Å². The normalized spacial score (nSPS) is 17.2. The highest BCUT2D eigenvalue weighted by molar-refractivity contribution is 5.94. The number of aromatic nitrogens is 1. The van der Waals surface area contributed by atoms with Crippen molar-refractivity contribution in [3.63, 3.8) is 0 Å². The van der Waals surface area contributed by atoms with Gasteiger partial charge in [0.15, 0.2) is 0 Å². The molecule has 21 heavy (non-hydrogen) atoms. The Morgan fingerprint density at radius 1 is 1.29 bits per heavy atom. The van der Waals surface area contributed by atoms with Crippen LogP contribution in [-0.4, -0.2) is 35.6 Å². The zero-order valence-electron chi connectivity index (χ0n) is 13.2. The first-order valence-corrected chi connectivity index (χ1v) is 7.70. The number of hydrogen-bond acceptors (Lipinski definition) is 2. The summed E-state index contributed by atoms with van der Waals surface area (Å²) < 4.78 is 0. The van der Waals surface area contributed by atoms with E-state index in [0.717, 1.165) is 25.9 Å². The molecule has 2 aromatic rings. The maximum atomic E-state index is 6.26. The molecule has 3 N–H and O–H groups in total. The minimum atomic E-state index is -0.207. The third kappa shape index (κ3) is 3.04. The Balaban J connectivity index is 2.12. The molecule has 3 nitrogen and oxygen atoms in total. The third-order valence-electron chi connectivity index (χ3n) is 4.15. The predicted molar refractivity (Wildman–Crippen MR) is 90.4 cm³/mol. The number of nitrogens with two attached hydrogens (primary N) is 1. The molecule has 0 bridgehead atoms. The van der Waals surface area contributed by atoms with Gasteiger partial charge in [-0.2, -0.15) is 0 Å². The van der Waals surface area contributed by atoms with Crippen LogP contribution in [0.1, 0.15) is 31.5 Å². The van der Waals surface area contributed by atoms with E-state index in [1.807, 2.05) is 0 Å². The maximum absolute atomic E-state index is 6.26. The fourth-order valence-electron chi connectivity index (χ4n) is 3.15. The lowest BCUT2D eigenvalue weighted by Gasteiger charge is -2.24. The molecule has 1 aliphatic heterocycles. The number of nitrogens with zero attached hydrogens (tertiary/aromatic N) is 1. The van der Waals surface area contributed by atoms with Crippen molar-refractivity contribution in [1.82, 2.24) is 9.88 Å². The van der Waals surface area contributed by atoms with Gasteiger partial charge < -0.3 is 15.6 Å². The molecule has 0 atom stereocenters. The first-order chi connectivity index (χ1) is 9.94. The largest absolute Gasteiger partial charge is 0.358 e. The number of fused-ring (bicyclic) bond motifs is 1. The van der Waals surface area contributed by atoms with Crippen molar-refractivity contribution in [2.45, 2.75) is 32.2 Å². The second kappa shape index (κ2) is 5.32. The van der Waals surface area contributed by atoms with Crippen LogP contribution in [0.5, 0.6) is 0 Å². The molecule has 2 heterocycles. The van der Waals surface area contributed by atoms with Crippen molar-refractivity contribution in [1.29, 1.82) is 0 Å². The van der Waals surface area contributed by atoms with E-state index in [1.165, 1.54) is 27.7 Å². The van der Waals surface area contributed by atoms with E-state index >= 15 is 0 Å². The molecule has 112 valence electrons. The maximum Gasteiger partial charge on any atom is 0.0462 e. The topological polar surface area (TPSA) is 45.0 Å². The molecule has 0 saturated heterocycles. The van der Waals surface area contributed by atoms with Gasteiger partial charge in [-0.15, -0.1) is 0 Å². The number of likely N-dealkylation sites (N-methyl/N-ethyl adjacent to an activating group) is 1. The molecule has 1 aliphatic rings. The molecular formula is C18H25N3. The highest BCUT2D eigenvalue weighted by Crippen LogP contribution is 2.33.